The molecule has 0 saturated carbocycles. The van der Waals surface area contributed by atoms with Gasteiger partial charge in [0, 0.05) is 39.3 Å². The van der Waals surface area contributed by atoms with Gasteiger partial charge in [0.1, 0.15) is 0 Å². The first-order valence-electron chi connectivity index (χ1n) is 7.69. The highest BCUT2D eigenvalue weighted by molar-refractivity contribution is 7.85. The van der Waals surface area contributed by atoms with Crippen LogP contribution in [0, 0.1) is 13.8 Å². The van der Waals surface area contributed by atoms with Crippen molar-refractivity contribution in [3.63, 3.8) is 0 Å². The minimum absolute atomic E-state index is 0.246. The second-order valence-corrected chi connectivity index (χ2v) is 7.71. The summed E-state index contributed by atoms with van der Waals surface area (Å²) in [7, 11) is -3.32. The number of hydrogen-bond acceptors (Lipinski definition) is 5. The van der Waals surface area contributed by atoms with Crippen LogP contribution in [0.2, 0.25) is 0 Å². The van der Waals surface area contributed by atoms with E-state index in [9.17, 15) is 8.42 Å². The van der Waals surface area contributed by atoms with Crippen molar-refractivity contribution >= 4 is 10.1 Å². The molecule has 0 aliphatic carbocycles. The van der Waals surface area contributed by atoms with Crippen LogP contribution in [0.1, 0.15) is 16.7 Å². The average Bonchev–Trinajstić information content (AvgIpc) is 2.43. The summed E-state index contributed by atoms with van der Waals surface area (Å²) in [6.45, 7) is 10.1. The maximum atomic E-state index is 10.9. The van der Waals surface area contributed by atoms with Gasteiger partial charge in [-0.1, -0.05) is 18.2 Å². The van der Waals surface area contributed by atoms with Gasteiger partial charge in [0.25, 0.3) is 10.1 Å². The van der Waals surface area contributed by atoms with Gasteiger partial charge in [-0.25, -0.2) is 0 Å². The van der Waals surface area contributed by atoms with Gasteiger partial charge >= 0.3 is 0 Å². The van der Waals surface area contributed by atoms with E-state index in [1.54, 1.807) is 0 Å². The van der Waals surface area contributed by atoms with Crippen molar-refractivity contribution in [2.75, 3.05) is 45.6 Å². The Morgan fingerprint density at radius 3 is 2.27 bits per heavy atom. The Bertz CT molecular complexity index is 593. The van der Waals surface area contributed by atoms with E-state index < -0.39 is 10.1 Å². The highest BCUT2D eigenvalue weighted by Gasteiger charge is 2.17. The van der Waals surface area contributed by atoms with Crippen LogP contribution in [0.25, 0.3) is 0 Å². The Balaban J connectivity index is 1.74. The molecule has 1 aromatic rings. The molecule has 5 nitrogen and oxygen atoms in total. The zero-order valence-corrected chi connectivity index (χ0v) is 14.5. The van der Waals surface area contributed by atoms with Crippen molar-refractivity contribution in [2.24, 2.45) is 0 Å². The standard InChI is InChI=1S/C16H26N2O3S/c1-14-4-5-16(12-15(14)2)13-18-8-6-17(7-9-18)10-11-21-22(3,19)20/h4-5,12H,6-11,13H2,1-3H3. The third-order valence-corrected chi connectivity index (χ3v) is 4.74. The molecule has 0 N–H and O–H groups in total. The van der Waals surface area contributed by atoms with E-state index in [0.717, 1.165) is 39.0 Å². The van der Waals surface area contributed by atoms with Crippen molar-refractivity contribution < 1.29 is 12.6 Å². The summed E-state index contributed by atoms with van der Waals surface area (Å²) in [6.07, 6.45) is 1.09. The van der Waals surface area contributed by atoms with Crippen molar-refractivity contribution in [3.8, 4) is 0 Å². The molecule has 1 heterocycles. The van der Waals surface area contributed by atoms with E-state index in [1.807, 2.05) is 0 Å². The third-order valence-electron chi connectivity index (χ3n) is 4.15. The molecule has 6 heteroatoms. The Labute approximate surface area is 134 Å². The molecule has 0 atom stereocenters. The predicted molar refractivity (Wildman–Crippen MR) is 88.4 cm³/mol. The quantitative estimate of drug-likeness (QED) is 0.740. The van der Waals surface area contributed by atoms with Gasteiger partial charge in [-0.05, 0) is 30.5 Å². The molecule has 0 aromatic heterocycles. The van der Waals surface area contributed by atoms with Crippen LogP contribution in [0.4, 0.5) is 0 Å². The SMILES string of the molecule is Cc1ccc(CN2CCN(CCOS(C)(=O)=O)CC2)cc1C. The topological polar surface area (TPSA) is 49.9 Å². The van der Waals surface area contributed by atoms with Crippen molar-refractivity contribution in [3.05, 3.63) is 34.9 Å². The van der Waals surface area contributed by atoms with E-state index in [0.29, 0.717) is 6.54 Å². The van der Waals surface area contributed by atoms with Gasteiger partial charge in [-0.2, -0.15) is 8.42 Å². The minimum atomic E-state index is -3.32. The van der Waals surface area contributed by atoms with Crippen LogP contribution < -0.4 is 0 Å². The number of rotatable bonds is 6. The normalized spacial score (nSPS) is 17.8. The highest BCUT2D eigenvalue weighted by Crippen LogP contribution is 2.13. The number of piperazine rings is 1. The fourth-order valence-electron chi connectivity index (χ4n) is 2.65. The predicted octanol–water partition coefficient (Wildman–Crippen LogP) is 1.40. The number of nitrogens with zero attached hydrogens (tertiary/aromatic N) is 2. The second-order valence-electron chi connectivity index (χ2n) is 6.06. The van der Waals surface area contributed by atoms with Crippen LogP contribution in [0.3, 0.4) is 0 Å². The van der Waals surface area contributed by atoms with E-state index in [2.05, 4.69) is 41.8 Å². The summed E-state index contributed by atoms with van der Waals surface area (Å²) >= 11 is 0. The first kappa shape index (κ1) is 17.4. The maximum Gasteiger partial charge on any atom is 0.264 e. The molecule has 1 saturated heterocycles. The zero-order chi connectivity index (χ0) is 16.2. The Hall–Kier alpha value is -0.950. The Kier molecular flexibility index (Phi) is 5.97. The van der Waals surface area contributed by atoms with Crippen molar-refractivity contribution in [1.82, 2.24) is 9.80 Å². The summed E-state index contributed by atoms with van der Waals surface area (Å²) in [5.74, 6) is 0. The first-order chi connectivity index (χ1) is 10.3. The van der Waals surface area contributed by atoms with E-state index in [1.165, 1.54) is 16.7 Å². The highest BCUT2D eigenvalue weighted by atomic mass is 32.2. The van der Waals surface area contributed by atoms with Gasteiger partial charge in [0.15, 0.2) is 0 Å². The van der Waals surface area contributed by atoms with Gasteiger partial charge in [-0.15, -0.1) is 0 Å². The monoisotopic (exact) mass is 326 g/mol. The summed E-state index contributed by atoms with van der Waals surface area (Å²) in [5, 5.41) is 0. The number of hydrogen-bond donors (Lipinski definition) is 0. The lowest BCUT2D eigenvalue weighted by atomic mass is 10.1. The summed E-state index contributed by atoms with van der Waals surface area (Å²) in [4.78, 5) is 4.69. The van der Waals surface area contributed by atoms with Crippen LogP contribution in [-0.4, -0.2) is 63.8 Å². The van der Waals surface area contributed by atoms with Gasteiger partial charge in [0.2, 0.25) is 0 Å². The first-order valence-corrected chi connectivity index (χ1v) is 9.50. The molecule has 2 rings (SSSR count). The molecule has 0 amide bonds. The minimum Gasteiger partial charge on any atom is -0.298 e. The maximum absolute atomic E-state index is 10.9. The summed E-state index contributed by atoms with van der Waals surface area (Å²) in [5.41, 5.74) is 4.03. The average molecular weight is 326 g/mol. The smallest absolute Gasteiger partial charge is 0.264 e. The molecule has 1 fully saturated rings. The largest absolute Gasteiger partial charge is 0.298 e. The van der Waals surface area contributed by atoms with Crippen LogP contribution in [-0.2, 0) is 20.8 Å². The van der Waals surface area contributed by atoms with Crippen molar-refractivity contribution in [2.45, 2.75) is 20.4 Å². The third kappa shape index (κ3) is 5.68. The van der Waals surface area contributed by atoms with E-state index in [-0.39, 0.29) is 6.61 Å². The summed E-state index contributed by atoms with van der Waals surface area (Å²) < 4.78 is 26.7. The van der Waals surface area contributed by atoms with Gasteiger partial charge in [-0.3, -0.25) is 14.0 Å². The molecule has 1 aliphatic heterocycles. The van der Waals surface area contributed by atoms with E-state index >= 15 is 0 Å². The number of aryl methyl sites for hydroxylation is 2. The fourth-order valence-corrected chi connectivity index (χ4v) is 3.03. The Morgan fingerprint density at radius 1 is 1.05 bits per heavy atom. The summed E-state index contributed by atoms with van der Waals surface area (Å²) in [6, 6.07) is 6.65. The molecule has 1 aliphatic rings. The molecule has 22 heavy (non-hydrogen) atoms. The molecule has 0 radical (unpaired) electrons. The lowest BCUT2D eigenvalue weighted by Gasteiger charge is -2.34. The molecule has 0 spiro atoms. The van der Waals surface area contributed by atoms with Gasteiger partial charge in [0.05, 0.1) is 12.9 Å². The lowest BCUT2D eigenvalue weighted by Crippen LogP contribution is -2.46. The molecular weight excluding hydrogens is 300 g/mol. The van der Waals surface area contributed by atoms with E-state index in [4.69, 9.17) is 4.18 Å². The Morgan fingerprint density at radius 2 is 1.68 bits per heavy atom. The molecule has 0 bridgehead atoms. The number of benzene rings is 1. The van der Waals surface area contributed by atoms with Gasteiger partial charge < -0.3 is 0 Å². The molecule has 0 unspecified atom stereocenters. The fraction of sp³-hybridized carbons (Fsp3) is 0.625. The van der Waals surface area contributed by atoms with Crippen LogP contribution in [0.15, 0.2) is 18.2 Å². The van der Waals surface area contributed by atoms with Crippen LogP contribution >= 0.6 is 0 Å². The molecule has 124 valence electrons. The lowest BCUT2D eigenvalue weighted by molar-refractivity contribution is 0.114. The molecular formula is C16H26N2O3S. The van der Waals surface area contributed by atoms with Crippen LogP contribution in [0.5, 0.6) is 0 Å². The second kappa shape index (κ2) is 7.55. The zero-order valence-electron chi connectivity index (χ0n) is 13.7. The van der Waals surface area contributed by atoms with Crippen molar-refractivity contribution in [1.29, 1.82) is 0 Å². The molecule has 1 aromatic carbocycles.